The molecule has 0 bridgehead atoms. The van der Waals surface area contributed by atoms with Gasteiger partial charge in [-0.05, 0) is 36.5 Å². The Bertz CT molecular complexity index is 555. The van der Waals surface area contributed by atoms with Crippen molar-refractivity contribution in [1.82, 2.24) is 10.4 Å². The van der Waals surface area contributed by atoms with Crippen LogP contribution in [0.3, 0.4) is 0 Å². The van der Waals surface area contributed by atoms with E-state index in [9.17, 15) is 0 Å². The normalized spacial score (nSPS) is 9.81. The minimum atomic E-state index is 0.438. The van der Waals surface area contributed by atoms with Crippen LogP contribution in [0.4, 0.5) is 5.69 Å². The first kappa shape index (κ1) is 17.9. The third kappa shape index (κ3) is 8.65. The topological polar surface area (TPSA) is 49.3 Å². The summed E-state index contributed by atoms with van der Waals surface area (Å²) in [4.78, 5) is 4.11. The SMILES string of the molecule is S=C(NN=Cc1ccccn1)Nc1ccccc1.[Cl][Cu][Cl]. The molecule has 8 heteroatoms. The number of rotatable bonds is 3. The van der Waals surface area contributed by atoms with Gasteiger partial charge in [0, 0.05) is 11.9 Å². The van der Waals surface area contributed by atoms with E-state index in [0.29, 0.717) is 5.11 Å². The Morgan fingerprint density at radius 3 is 2.43 bits per heavy atom. The molecule has 0 saturated heterocycles. The average Bonchev–Trinajstić information content (AvgIpc) is 2.50. The molecular weight excluding hydrogens is 379 g/mol. The van der Waals surface area contributed by atoms with Crippen molar-refractivity contribution in [3.63, 3.8) is 0 Å². The van der Waals surface area contributed by atoms with Crippen LogP contribution in [0.25, 0.3) is 0 Å². The molecule has 0 spiro atoms. The molecule has 0 atom stereocenters. The van der Waals surface area contributed by atoms with Gasteiger partial charge in [-0.2, -0.15) is 5.10 Å². The Labute approximate surface area is 143 Å². The molecule has 0 aliphatic carbocycles. The molecule has 2 N–H and O–H groups in total. The van der Waals surface area contributed by atoms with Crippen molar-refractivity contribution in [2.75, 3.05) is 5.32 Å². The van der Waals surface area contributed by atoms with Crippen LogP contribution in [0, 0.1) is 0 Å². The molecule has 2 rings (SSSR count). The van der Waals surface area contributed by atoms with Crippen molar-refractivity contribution < 1.29 is 13.1 Å². The number of anilines is 1. The fourth-order valence-corrected chi connectivity index (χ4v) is 1.46. The zero-order chi connectivity index (χ0) is 15.3. The number of pyridine rings is 1. The Hall–Kier alpha value is -1.17. The van der Waals surface area contributed by atoms with Crippen LogP contribution >= 0.6 is 32.4 Å². The van der Waals surface area contributed by atoms with Crippen molar-refractivity contribution in [3.8, 4) is 0 Å². The maximum atomic E-state index is 5.10. The zero-order valence-electron chi connectivity index (χ0n) is 10.6. The van der Waals surface area contributed by atoms with E-state index in [1.54, 1.807) is 12.4 Å². The zero-order valence-corrected chi connectivity index (χ0v) is 13.9. The number of hydrogen-bond acceptors (Lipinski definition) is 3. The number of halogens is 2. The molecular formula is C13H12Cl2CuN4S. The van der Waals surface area contributed by atoms with Gasteiger partial charge in [0.05, 0.1) is 11.9 Å². The van der Waals surface area contributed by atoms with E-state index in [4.69, 9.17) is 12.2 Å². The molecule has 0 saturated carbocycles. The Morgan fingerprint density at radius 1 is 1.14 bits per heavy atom. The van der Waals surface area contributed by atoms with Crippen LogP contribution < -0.4 is 10.7 Å². The van der Waals surface area contributed by atoms with Crippen LogP contribution in [0.1, 0.15) is 5.69 Å². The van der Waals surface area contributed by atoms with Gasteiger partial charge >= 0.3 is 33.3 Å². The fourth-order valence-electron chi connectivity index (χ4n) is 1.29. The number of nitrogens with zero attached hydrogens (tertiary/aromatic N) is 2. The second-order valence-electron chi connectivity index (χ2n) is 3.49. The summed E-state index contributed by atoms with van der Waals surface area (Å²) in [7, 11) is 9.34. The minimum absolute atomic E-state index is 0.438. The van der Waals surface area contributed by atoms with E-state index in [0.717, 1.165) is 24.5 Å². The molecule has 21 heavy (non-hydrogen) atoms. The number of thiocarbonyl (C=S) groups is 1. The van der Waals surface area contributed by atoms with E-state index >= 15 is 0 Å². The fraction of sp³-hybridized carbons (Fsp3) is 0. The Balaban J connectivity index is 0.000000677. The number of nitrogens with one attached hydrogen (secondary N) is 2. The molecule has 2 aromatic rings. The summed E-state index contributed by atoms with van der Waals surface area (Å²) >= 11 is 5.85. The Morgan fingerprint density at radius 2 is 1.81 bits per heavy atom. The Kier molecular flexibility index (Phi) is 9.78. The van der Waals surface area contributed by atoms with Crippen LogP contribution in [0.5, 0.6) is 0 Å². The van der Waals surface area contributed by atoms with Gasteiger partial charge in [0.2, 0.25) is 0 Å². The molecule has 1 aromatic carbocycles. The monoisotopic (exact) mass is 389 g/mol. The van der Waals surface area contributed by atoms with Crippen LogP contribution in [-0.4, -0.2) is 16.3 Å². The standard InChI is InChI=1S/C13H12N4S.2ClH.Cu/c18-13(16-11-6-2-1-3-7-11)17-15-10-12-8-4-5-9-14-12;;;/h1-10H,(H2,16,17,18);2*1H;/q;;;+2/p-2. The number of hydrogen-bond donors (Lipinski definition) is 2. The van der Waals surface area contributed by atoms with Gasteiger partial charge in [0.15, 0.2) is 5.11 Å². The number of para-hydroxylation sites is 1. The molecule has 4 nitrogen and oxygen atoms in total. The number of aromatic nitrogens is 1. The van der Waals surface area contributed by atoms with Crippen LogP contribution in [0.2, 0.25) is 0 Å². The maximum absolute atomic E-state index is 5.10. The van der Waals surface area contributed by atoms with Gasteiger partial charge in [-0.3, -0.25) is 10.4 Å². The molecule has 0 aliphatic heterocycles. The van der Waals surface area contributed by atoms with Gasteiger partial charge in [0.25, 0.3) is 0 Å². The molecule has 115 valence electrons. The first-order valence-corrected chi connectivity index (χ1v) is 8.63. The summed E-state index contributed by atoms with van der Waals surface area (Å²) in [6.45, 7) is 0. The molecule has 0 aliphatic rings. The average molecular weight is 391 g/mol. The third-order valence-corrected chi connectivity index (χ3v) is 2.28. The van der Waals surface area contributed by atoms with E-state index in [1.807, 2.05) is 48.5 Å². The third-order valence-electron chi connectivity index (χ3n) is 2.08. The van der Waals surface area contributed by atoms with Crippen LogP contribution in [0.15, 0.2) is 59.8 Å². The first-order chi connectivity index (χ1) is 10.3. The molecule has 1 aromatic heterocycles. The van der Waals surface area contributed by atoms with E-state index < -0.39 is 0 Å². The predicted molar refractivity (Wildman–Crippen MR) is 89.3 cm³/mol. The molecule has 1 heterocycles. The van der Waals surface area contributed by atoms with E-state index in [-0.39, 0.29) is 0 Å². The summed E-state index contributed by atoms with van der Waals surface area (Å²) < 4.78 is 0. The summed E-state index contributed by atoms with van der Waals surface area (Å²) in [5.41, 5.74) is 4.42. The van der Waals surface area contributed by atoms with E-state index in [2.05, 4.69) is 41.0 Å². The van der Waals surface area contributed by atoms with Gasteiger partial charge in [0.1, 0.15) is 0 Å². The quantitative estimate of drug-likeness (QED) is 0.362. The summed E-state index contributed by atoms with van der Waals surface area (Å²) in [5, 5.41) is 7.45. The number of hydrazone groups is 1. The van der Waals surface area contributed by atoms with Crippen molar-refractivity contribution >= 4 is 49.4 Å². The van der Waals surface area contributed by atoms with Gasteiger partial charge < -0.3 is 5.32 Å². The summed E-state index contributed by atoms with van der Waals surface area (Å²) in [6, 6.07) is 15.3. The van der Waals surface area contributed by atoms with Crippen molar-refractivity contribution in [2.45, 2.75) is 0 Å². The van der Waals surface area contributed by atoms with Crippen LogP contribution in [-0.2, 0) is 13.1 Å². The van der Waals surface area contributed by atoms with Crippen molar-refractivity contribution in [1.29, 1.82) is 0 Å². The van der Waals surface area contributed by atoms with Gasteiger partial charge in [-0.1, -0.05) is 24.3 Å². The molecule has 0 amide bonds. The molecule has 0 fully saturated rings. The van der Waals surface area contributed by atoms with E-state index in [1.165, 1.54) is 0 Å². The van der Waals surface area contributed by atoms with Crippen molar-refractivity contribution in [3.05, 3.63) is 60.4 Å². The van der Waals surface area contributed by atoms with Crippen molar-refractivity contribution in [2.24, 2.45) is 5.10 Å². The van der Waals surface area contributed by atoms with Gasteiger partial charge in [-0.25, -0.2) is 0 Å². The first-order valence-electron chi connectivity index (χ1n) is 5.63. The second-order valence-corrected chi connectivity index (χ2v) is 5.45. The van der Waals surface area contributed by atoms with Gasteiger partial charge in [-0.15, -0.1) is 0 Å². The predicted octanol–water partition coefficient (Wildman–Crippen LogP) is 3.78. The second kappa shape index (κ2) is 11.5. The summed E-state index contributed by atoms with van der Waals surface area (Å²) in [5.74, 6) is 0. The summed E-state index contributed by atoms with van der Waals surface area (Å²) in [6.07, 6.45) is 3.32. The molecule has 0 unspecified atom stereocenters. The number of benzene rings is 1. The molecule has 0 radical (unpaired) electrons.